The van der Waals surface area contributed by atoms with E-state index in [2.05, 4.69) is 259 Å². The molecule has 0 bridgehead atoms. The first kappa shape index (κ1) is 78.9. The van der Waals surface area contributed by atoms with Crippen LogP contribution in [0.3, 0.4) is 0 Å². The van der Waals surface area contributed by atoms with Crippen LogP contribution in [-0.2, 0) is 74.0 Å². The summed E-state index contributed by atoms with van der Waals surface area (Å²) in [5.74, 6) is 0. The zero-order valence-corrected chi connectivity index (χ0v) is 67.8. The van der Waals surface area contributed by atoms with Crippen LogP contribution >= 0.6 is 0 Å². The van der Waals surface area contributed by atoms with Crippen LogP contribution in [0, 0.1) is 57.2 Å². The minimum absolute atomic E-state index is 0. The summed E-state index contributed by atoms with van der Waals surface area (Å²) >= 11 is 0. The molecule has 107 heavy (non-hydrogen) atoms. The Balaban J connectivity index is 0.000000170. The number of hydrogen-bond acceptors (Lipinski definition) is 9. The van der Waals surface area contributed by atoms with Crippen LogP contribution in [0.2, 0.25) is 0 Å². The van der Waals surface area contributed by atoms with Crippen molar-refractivity contribution >= 4 is 51.2 Å². The minimum atomic E-state index is -0.0132. The molecular weight excluding hydrogens is 1850 g/mol. The molecule has 12 heteroatoms. The van der Waals surface area contributed by atoms with E-state index < -0.39 is 0 Å². The standard InChI is InChI=1S/C36H35N3.C31H25N3.C28H19N3.3Pt/c1-35(2,3)28-23-29(36(4,5)6)25-32(24-28)39(30-15-11-13-26(21-30)33-17-7-9-19-37-33)31-16-12-14-27(22-31)34-18-8-10-20-38-34;1-22-18-23(2)31(24(3)19-22)34(27-12-8-10-25(20-27)29-14-4-6-16-32-29)28-13-9-11-26(21-28)30-15-5-7-17-33-30;1-2-12-24(13-3-1)31(25-14-8-10-22(20-25)27-16-4-6-18-29-27)26-15-9-11-23(21-26)28-17-5-7-19-30-28;;;/h7-20,23-25H,1-6H3;4-19H,1-3H3;1-19H;;;/q3*-2;3*+2. The molecular formula is C95H79N9Pt3. The number of benzene rings is 9. The molecule has 0 N–H and O–H groups in total. The number of hydrogen-bond donors (Lipinski definition) is 0. The first-order valence-corrected chi connectivity index (χ1v) is 34.9. The van der Waals surface area contributed by atoms with Crippen molar-refractivity contribution < 1.29 is 63.2 Å². The number of para-hydroxylation sites is 1. The Hall–Kier alpha value is -10.7. The summed E-state index contributed by atoms with van der Waals surface area (Å²) in [6.07, 6.45) is 10.9. The SMILES string of the molecule is CC(C)(C)c1cc(N(c2[c-]c(-c3ccccn3)ccc2)c2[c-]c(-c3ccccn3)ccc2)cc(C(C)(C)C)c1.Cc1cc(C)c(N(c2[c-]c(-c3ccccn3)ccc2)c2[c-]c(-c3ccccn3)ccc2)c(C)c1.[Pt+2].[Pt+2].[Pt+2].[c-]1c(-c2ccccn2)cccc1N(c1[c-]c(-c2ccccn2)ccc1)c1ccccc1. The fourth-order valence-corrected chi connectivity index (χ4v) is 12.4. The number of aromatic nitrogens is 6. The summed E-state index contributed by atoms with van der Waals surface area (Å²) < 4.78 is 0. The van der Waals surface area contributed by atoms with Crippen LogP contribution in [-0.4, -0.2) is 29.9 Å². The van der Waals surface area contributed by atoms with Gasteiger partial charge in [0.25, 0.3) is 0 Å². The van der Waals surface area contributed by atoms with Crippen molar-refractivity contribution in [1.82, 2.24) is 29.9 Å². The van der Waals surface area contributed by atoms with Crippen molar-refractivity contribution in [3.63, 3.8) is 0 Å². The zero-order valence-electron chi connectivity index (χ0n) is 61.0. The molecule has 15 aromatic rings. The normalized spacial score (nSPS) is 10.8. The van der Waals surface area contributed by atoms with E-state index in [-0.39, 0.29) is 74.0 Å². The number of anilines is 9. The number of aryl methyl sites for hydroxylation is 3. The molecule has 0 aliphatic carbocycles. The van der Waals surface area contributed by atoms with Gasteiger partial charge in [0, 0.05) is 54.2 Å². The predicted molar refractivity (Wildman–Crippen MR) is 427 cm³/mol. The van der Waals surface area contributed by atoms with Crippen LogP contribution in [0.4, 0.5) is 51.2 Å². The second kappa shape index (κ2) is 36.6. The van der Waals surface area contributed by atoms with Gasteiger partial charge in [0.05, 0.1) is 0 Å². The maximum absolute atomic E-state index is 4.58. The minimum Gasteiger partial charge on any atom is -0.346 e. The average molecular weight is 1930 g/mol. The van der Waals surface area contributed by atoms with Gasteiger partial charge in [-0.15, -0.1) is 179 Å². The van der Waals surface area contributed by atoms with Gasteiger partial charge in [0.1, 0.15) is 0 Å². The van der Waals surface area contributed by atoms with Gasteiger partial charge in [-0.05, 0) is 183 Å². The topological polar surface area (TPSA) is 87.1 Å². The van der Waals surface area contributed by atoms with Gasteiger partial charge >= 0.3 is 63.2 Å². The van der Waals surface area contributed by atoms with E-state index in [1.165, 1.54) is 27.8 Å². The molecule has 6 heterocycles. The fourth-order valence-electron chi connectivity index (χ4n) is 12.4. The van der Waals surface area contributed by atoms with E-state index >= 15 is 0 Å². The molecule has 0 spiro atoms. The predicted octanol–water partition coefficient (Wildman–Crippen LogP) is 24.2. The van der Waals surface area contributed by atoms with E-state index in [1.54, 1.807) is 12.4 Å². The smallest absolute Gasteiger partial charge is 0.346 e. The van der Waals surface area contributed by atoms with Crippen LogP contribution in [0.5, 0.6) is 0 Å². The maximum atomic E-state index is 4.58. The molecule has 534 valence electrons. The van der Waals surface area contributed by atoms with E-state index in [1.807, 2.05) is 189 Å². The first-order chi connectivity index (χ1) is 50.6. The van der Waals surface area contributed by atoms with Crippen molar-refractivity contribution in [3.8, 4) is 67.5 Å². The van der Waals surface area contributed by atoms with Gasteiger partial charge in [0.15, 0.2) is 0 Å². The van der Waals surface area contributed by atoms with Gasteiger partial charge in [-0.3, -0.25) is 0 Å². The van der Waals surface area contributed by atoms with Gasteiger partial charge in [-0.25, -0.2) is 0 Å². The Morgan fingerprint density at radius 1 is 0.243 bits per heavy atom. The number of nitrogens with zero attached hydrogens (tertiary/aromatic N) is 9. The molecule has 0 unspecified atom stereocenters. The van der Waals surface area contributed by atoms with Crippen molar-refractivity contribution in [1.29, 1.82) is 0 Å². The Kier molecular flexibility index (Phi) is 27.0. The molecule has 0 fully saturated rings. The fraction of sp³-hybridized carbons (Fsp3) is 0.116. The van der Waals surface area contributed by atoms with Crippen LogP contribution in [0.15, 0.2) is 316 Å². The number of pyridine rings is 6. The summed E-state index contributed by atoms with van der Waals surface area (Å²) in [4.78, 5) is 33.8. The molecule has 6 aromatic heterocycles. The van der Waals surface area contributed by atoms with Crippen LogP contribution < -0.4 is 14.7 Å². The van der Waals surface area contributed by atoms with E-state index in [0.29, 0.717) is 0 Å². The number of rotatable bonds is 15. The van der Waals surface area contributed by atoms with E-state index in [4.69, 9.17) is 0 Å². The molecule has 0 saturated heterocycles. The Bertz CT molecular complexity index is 5030. The zero-order chi connectivity index (χ0) is 72.0. The third kappa shape index (κ3) is 19.7. The molecule has 0 atom stereocenters. The maximum Gasteiger partial charge on any atom is 2.00 e. The van der Waals surface area contributed by atoms with Crippen molar-refractivity contribution in [2.24, 2.45) is 0 Å². The van der Waals surface area contributed by atoms with Crippen LogP contribution in [0.1, 0.15) is 69.4 Å². The molecule has 9 aromatic carbocycles. The second-order valence-electron chi connectivity index (χ2n) is 27.3. The summed E-state index contributed by atoms with van der Waals surface area (Å²) in [7, 11) is 0. The third-order valence-electron chi connectivity index (χ3n) is 17.6. The Labute approximate surface area is 674 Å². The van der Waals surface area contributed by atoms with Crippen LogP contribution in [0.25, 0.3) is 67.5 Å². The molecule has 15 rings (SSSR count). The van der Waals surface area contributed by atoms with Crippen molar-refractivity contribution in [2.75, 3.05) is 14.7 Å². The van der Waals surface area contributed by atoms with Gasteiger partial charge < -0.3 is 44.6 Å². The Morgan fingerprint density at radius 3 is 0.729 bits per heavy atom. The monoisotopic (exact) mass is 1930 g/mol. The van der Waals surface area contributed by atoms with Crippen molar-refractivity contribution in [2.45, 2.75) is 73.1 Å². The van der Waals surface area contributed by atoms with Gasteiger partial charge in [0.2, 0.25) is 0 Å². The van der Waals surface area contributed by atoms with E-state index in [0.717, 1.165) is 119 Å². The second-order valence-corrected chi connectivity index (χ2v) is 27.3. The molecule has 0 amide bonds. The van der Waals surface area contributed by atoms with E-state index in [9.17, 15) is 0 Å². The molecule has 0 aliphatic rings. The molecule has 9 nitrogen and oxygen atoms in total. The molecule has 0 radical (unpaired) electrons. The van der Waals surface area contributed by atoms with Crippen molar-refractivity contribution in [3.05, 3.63) is 380 Å². The molecule has 0 aliphatic heterocycles. The van der Waals surface area contributed by atoms with Gasteiger partial charge in [-0.1, -0.05) is 156 Å². The average Bonchev–Trinajstić information content (AvgIpc) is 0.783. The quantitative estimate of drug-likeness (QED) is 0.0932. The van der Waals surface area contributed by atoms with Gasteiger partial charge in [-0.2, -0.15) is 0 Å². The first-order valence-electron chi connectivity index (χ1n) is 34.9. The third-order valence-corrected chi connectivity index (χ3v) is 17.6. The summed E-state index contributed by atoms with van der Waals surface area (Å²) in [6, 6.07) is 116. The summed E-state index contributed by atoms with van der Waals surface area (Å²) in [5.41, 5.74) is 26.1. The largest absolute Gasteiger partial charge is 2.00 e. The molecule has 0 saturated carbocycles. The summed E-state index contributed by atoms with van der Waals surface area (Å²) in [6.45, 7) is 20.1. The Morgan fingerprint density at radius 2 is 0.486 bits per heavy atom. The summed E-state index contributed by atoms with van der Waals surface area (Å²) in [5, 5.41) is 0.